The van der Waals surface area contributed by atoms with Gasteiger partial charge in [-0.1, -0.05) is 27.7 Å². The summed E-state index contributed by atoms with van der Waals surface area (Å²) in [7, 11) is 0. The van der Waals surface area contributed by atoms with E-state index in [9.17, 15) is 10.1 Å². The van der Waals surface area contributed by atoms with Crippen LogP contribution in [0, 0.1) is 11.3 Å². The Morgan fingerprint density at radius 1 is 1.55 bits per heavy atom. The fourth-order valence-electron chi connectivity index (χ4n) is 1.91. The van der Waals surface area contributed by atoms with Crippen molar-refractivity contribution < 1.29 is 9.21 Å². The van der Waals surface area contributed by atoms with E-state index in [0.717, 1.165) is 10.7 Å². The van der Waals surface area contributed by atoms with Gasteiger partial charge in [0.1, 0.15) is 10.6 Å². The monoisotopic (exact) mass is 317 g/mol. The van der Waals surface area contributed by atoms with E-state index < -0.39 is 6.04 Å². The van der Waals surface area contributed by atoms with Gasteiger partial charge in [-0.25, -0.2) is 4.98 Å². The minimum absolute atomic E-state index is 0.108. The first-order chi connectivity index (χ1) is 10.4. The predicted molar refractivity (Wildman–Crippen MR) is 84.7 cm³/mol. The normalized spacial score (nSPS) is 12.7. The van der Waals surface area contributed by atoms with Crippen LogP contribution >= 0.6 is 11.3 Å². The van der Waals surface area contributed by atoms with Crippen LogP contribution in [0.5, 0.6) is 0 Å². The van der Waals surface area contributed by atoms with E-state index >= 15 is 0 Å². The number of hydrogen-bond donors (Lipinski definition) is 1. The van der Waals surface area contributed by atoms with Gasteiger partial charge in [-0.05, 0) is 18.6 Å². The highest BCUT2D eigenvalue weighted by Gasteiger charge is 2.26. The minimum Gasteiger partial charge on any atom is -0.466 e. The van der Waals surface area contributed by atoms with Crippen molar-refractivity contribution in [3.63, 3.8) is 0 Å². The lowest BCUT2D eigenvalue weighted by molar-refractivity contribution is 0.0944. The molecule has 0 aliphatic rings. The largest absolute Gasteiger partial charge is 0.466 e. The molecule has 0 saturated heterocycles. The molecule has 1 unspecified atom stereocenters. The summed E-state index contributed by atoms with van der Waals surface area (Å²) in [6, 6.07) is 4.60. The number of rotatable bonds is 4. The number of carbonyl (C=O) groups is 1. The Balaban J connectivity index is 2.26. The van der Waals surface area contributed by atoms with Crippen LogP contribution in [0.15, 0.2) is 22.8 Å². The second-order valence-electron chi connectivity index (χ2n) is 5.95. The molecule has 1 N–H and O–H groups in total. The average molecular weight is 317 g/mol. The molecule has 0 fully saturated rings. The molecule has 22 heavy (non-hydrogen) atoms. The first-order valence-electron chi connectivity index (χ1n) is 7.11. The molecule has 0 aliphatic carbocycles. The van der Waals surface area contributed by atoms with Gasteiger partial charge in [0.2, 0.25) is 0 Å². The van der Waals surface area contributed by atoms with Crippen molar-refractivity contribution >= 4 is 17.2 Å². The van der Waals surface area contributed by atoms with E-state index in [0.29, 0.717) is 17.1 Å². The number of amides is 1. The summed E-state index contributed by atoms with van der Waals surface area (Å²) < 4.78 is 5.19. The summed E-state index contributed by atoms with van der Waals surface area (Å²) in [6.45, 7) is 8.16. The SMILES string of the molecule is CCc1nc(C(C)(C)C)sc1C(=O)NC(C#N)c1ccco1. The predicted octanol–water partition coefficient (Wildman–Crippen LogP) is 3.59. The molecule has 0 spiro atoms. The van der Waals surface area contributed by atoms with Gasteiger partial charge in [0, 0.05) is 5.41 Å². The molecule has 2 heterocycles. The fraction of sp³-hybridized carbons (Fsp3) is 0.438. The molecule has 2 rings (SSSR count). The lowest BCUT2D eigenvalue weighted by atomic mass is 9.98. The Bertz CT molecular complexity index is 690. The Labute approximate surface area is 134 Å². The van der Waals surface area contributed by atoms with E-state index in [1.807, 2.05) is 13.0 Å². The molecule has 0 saturated carbocycles. The molecule has 1 atom stereocenters. The zero-order chi connectivity index (χ0) is 16.3. The van der Waals surface area contributed by atoms with Gasteiger partial charge in [-0.15, -0.1) is 11.3 Å². The van der Waals surface area contributed by atoms with Crippen LogP contribution in [0.1, 0.15) is 59.9 Å². The molecule has 0 bridgehead atoms. The van der Waals surface area contributed by atoms with Crippen molar-refractivity contribution in [2.75, 3.05) is 0 Å². The summed E-state index contributed by atoms with van der Waals surface area (Å²) in [4.78, 5) is 17.6. The number of nitrogens with one attached hydrogen (secondary N) is 1. The highest BCUT2D eigenvalue weighted by atomic mass is 32.1. The smallest absolute Gasteiger partial charge is 0.264 e. The zero-order valence-electron chi connectivity index (χ0n) is 13.1. The van der Waals surface area contributed by atoms with Crippen LogP contribution in [0.25, 0.3) is 0 Å². The summed E-state index contributed by atoms with van der Waals surface area (Å²) in [5, 5.41) is 12.8. The van der Waals surface area contributed by atoms with Gasteiger partial charge in [0.15, 0.2) is 6.04 Å². The lowest BCUT2D eigenvalue weighted by Gasteiger charge is -2.13. The molecular formula is C16H19N3O2S. The number of nitrogens with zero attached hydrogens (tertiary/aromatic N) is 2. The first-order valence-corrected chi connectivity index (χ1v) is 7.92. The van der Waals surface area contributed by atoms with Gasteiger partial charge >= 0.3 is 0 Å². The van der Waals surface area contributed by atoms with Crippen LogP contribution in [0.4, 0.5) is 0 Å². The molecule has 2 aromatic rings. The molecule has 116 valence electrons. The third-order valence-corrected chi connectivity index (χ3v) is 4.63. The second kappa shape index (κ2) is 6.32. The Hall–Kier alpha value is -2.13. The van der Waals surface area contributed by atoms with Crippen molar-refractivity contribution in [3.05, 3.63) is 39.7 Å². The maximum Gasteiger partial charge on any atom is 0.264 e. The maximum absolute atomic E-state index is 12.5. The van der Waals surface area contributed by atoms with Gasteiger partial charge in [-0.2, -0.15) is 5.26 Å². The highest BCUT2D eigenvalue weighted by Crippen LogP contribution is 2.30. The van der Waals surface area contributed by atoms with Gasteiger partial charge in [0.05, 0.1) is 23.0 Å². The first kappa shape index (κ1) is 16.2. The van der Waals surface area contributed by atoms with Crippen molar-refractivity contribution in [1.82, 2.24) is 10.3 Å². The maximum atomic E-state index is 12.5. The third kappa shape index (κ3) is 3.37. The third-order valence-electron chi connectivity index (χ3n) is 3.11. The van der Waals surface area contributed by atoms with Crippen LogP contribution < -0.4 is 5.32 Å². The van der Waals surface area contributed by atoms with Crippen LogP contribution in [0.2, 0.25) is 0 Å². The number of aryl methyl sites for hydroxylation is 1. The molecule has 5 nitrogen and oxygen atoms in total. The standard InChI is InChI=1S/C16H19N3O2S/c1-5-10-13(22-15(19-10)16(2,3)4)14(20)18-11(9-17)12-7-6-8-21-12/h6-8,11H,5H2,1-4H3,(H,18,20). The highest BCUT2D eigenvalue weighted by molar-refractivity contribution is 7.14. The van der Waals surface area contributed by atoms with Crippen LogP contribution in [0.3, 0.4) is 0 Å². The van der Waals surface area contributed by atoms with E-state index in [2.05, 4.69) is 31.1 Å². The Morgan fingerprint density at radius 2 is 2.27 bits per heavy atom. The zero-order valence-corrected chi connectivity index (χ0v) is 14.0. The van der Waals surface area contributed by atoms with Crippen molar-refractivity contribution in [2.45, 2.75) is 45.6 Å². The van der Waals surface area contributed by atoms with Gasteiger partial charge in [0.25, 0.3) is 5.91 Å². The number of thiazole rings is 1. The summed E-state index contributed by atoms with van der Waals surface area (Å²) in [6.07, 6.45) is 2.15. The van der Waals surface area contributed by atoms with Gasteiger partial charge in [-0.3, -0.25) is 4.79 Å². The van der Waals surface area contributed by atoms with E-state index in [1.54, 1.807) is 12.1 Å². The van der Waals surface area contributed by atoms with Gasteiger partial charge < -0.3 is 9.73 Å². The second-order valence-corrected chi connectivity index (χ2v) is 6.95. The number of carbonyl (C=O) groups excluding carboxylic acids is 1. The molecule has 1 amide bonds. The summed E-state index contributed by atoms with van der Waals surface area (Å²) >= 11 is 1.39. The molecule has 0 radical (unpaired) electrons. The van der Waals surface area contributed by atoms with E-state index in [4.69, 9.17) is 4.42 Å². The molecule has 0 aromatic carbocycles. The number of nitriles is 1. The van der Waals surface area contributed by atoms with Crippen molar-refractivity contribution in [1.29, 1.82) is 5.26 Å². The number of hydrogen-bond acceptors (Lipinski definition) is 5. The van der Waals surface area contributed by atoms with Crippen LogP contribution in [-0.4, -0.2) is 10.9 Å². The summed E-state index contributed by atoms with van der Waals surface area (Å²) in [5.74, 6) is 0.141. The molecular weight excluding hydrogens is 298 g/mol. The van der Waals surface area contributed by atoms with Crippen LogP contribution in [-0.2, 0) is 11.8 Å². The van der Waals surface area contributed by atoms with Crippen molar-refractivity contribution in [3.8, 4) is 6.07 Å². The number of furan rings is 1. The molecule has 0 aliphatic heterocycles. The Morgan fingerprint density at radius 3 is 2.77 bits per heavy atom. The van der Waals surface area contributed by atoms with E-state index in [1.165, 1.54) is 17.6 Å². The fourth-order valence-corrected chi connectivity index (χ4v) is 3.02. The molecule has 6 heteroatoms. The lowest BCUT2D eigenvalue weighted by Crippen LogP contribution is -2.27. The topological polar surface area (TPSA) is 78.9 Å². The Kier molecular flexibility index (Phi) is 4.67. The quantitative estimate of drug-likeness (QED) is 0.934. The minimum atomic E-state index is -0.799. The van der Waals surface area contributed by atoms with Crippen molar-refractivity contribution in [2.24, 2.45) is 0 Å². The average Bonchev–Trinajstić information content (AvgIpc) is 3.12. The number of aromatic nitrogens is 1. The van der Waals surface area contributed by atoms with E-state index in [-0.39, 0.29) is 11.3 Å². The molecule has 2 aromatic heterocycles. The summed E-state index contributed by atoms with van der Waals surface area (Å²) in [5.41, 5.74) is 0.659.